The average molecular weight is 565 g/mol. The molecule has 0 saturated carbocycles. The highest BCUT2D eigenvalue weighted by molar-refractivity contribution is 14.0. The monoisotopic (exact) mass is 564 g/mol. The third-order valence-corrected chi connectivity index (χ3v) is 6.32. The Morgan fingerprint density at radius 3 is 2.81 bits per heavy atom. The standard InChI is InChI=1S/C23H37ClN4O2.HI/c1-25-23(26-11-5-13-30-21-9-14-29-15-10-21)27-17-19-7-4-12-28(2)22(19)18-6-3-8-20(24)16-18;/h3,6,8,16,19,21-22H,4-5,7,9-15,17H2,1-2H3,(H2,25,26,27);1H. The summed E-state index contributed by atoms with van der Waals surface area (Å²) in [5.74, 6) is 1.37. The second-order valence-corrected chi connectivity index (χ2v) is 8.74. The maximum Gasteiger partial charge on any atom is 0.190 e. The Morgan fingerprint density at radius 1 is 1.26 bits per heavy atom. The van der Waals surface area contributed by atoms with Gasteiger partial charge in [0.25, 0.3) is 0 Å². The normalized spacial score (nSPS) is 23.3. The smallest absolute Gasteiger partial charge is 0.190 e. The van der Waals surface area contributed by atoms with Crippen molar-refractivity contribution in [2.45, 2.75) is 44.2 Å². The van der Waals surface area contributed by atoms with Crippen molar-refractivity contribution in [3.63, 3.8) is 0 Å². The third-order valence-electron chi connectivity index (χ3n) is 6.09. The molecule has 0 aromatic heterocycles. The van der Waals surface area contributed by atoms with Crippen molar-refractivity contribution in [2.24, 2.45) is 10.9 Å². The zero-order chi connectivity index (χ0) is 21.2. The SMILES string of the molecule is CN=C(NCCCOC1CCOCC1)NCC1CCCN(C)C1c1cccc(Cl)c1.I. The average Bonchev–Trinajstić information content (AvgIpc) is 2.76. The van der Waals surface area contributed by atoms with Gasteiger partial charge in [-0.25, -0.2) is 0 Å². The van der Waals surface area contributed by atoms with Crippen molar-refractivity contribution in [1.29, 1.82) is 0 Å². The molecule has 2 aliphatic rings. The summed E-state index contributed by atoms with van der Waals surface area (Å²) in [6.07, 6.45) is 5.78. The molecular weight excluding hydrogens is 527 g/mol. The van der Waals surface area contributed by atoms with E-state index in [1.807, 2.05) is 19.2 Å². The lowest BCUT2D eigenvalue weighted by molar-refractivity contribution is -0.0320. The summed E-state index contributed by atoms with van der Waals surface area (Å²) in [5, 5.41) is 7.76. The van der Waals surface area contributed by atoms with Crippen LogP contribution in [-0.2, 0) is 9.47 Å². The van der Waals surface area contributed by atoms with Crippen LogP contribution in [-0.4, -0.2) is 70.5 Å². The maximum absolute atomic E-state index is 6.26. The van der Waals surface area contributed by atoms with Gasteiger partial charge in [-0.1, -0.05) is 23.7 Å². The first-order valence-corrected chi connectivity index (χ1v) is 11.6. The van der Waals surface area contributed by atoms with E-state index >= 15 is 0 Å². The van der Waals surface area contributed by atoms with E-state index in [9.17, 15) is 0 Å². The van der Waals surface area contributed by atoms with Crippen LogP contribution in [0.5, 0.6) is 0 Å². The van der Waals surface area contributed by atoms with Gasteiger partial charge >= 0.3 is 0 Å². The molecule has 2 atom stereocenters. The van der Waals surface area contributed by atoms with Gasteiger partial charge in [0, 0.05) is 51.0 Å². The van der Waals surface area contributed by atoms with E-state index in [0.717, 1.165) is 69.7 Å². The first-order chi connectivity index (χ1) is 14.7. The molecule has 0 bridgehead atoms. The van der Waals surface area contributed by atoms with Gasteiger partial charge in [0.2, 0.25) is 0 Å². The predicted molar refractivity (Wildman–Crippen MR) is 139 cm³/mol. The molecule has 2 fully saturated rings. The summed E-state index contributed by atoms with van der Waals surface area (Å²) in [4.78, 5) is 6.84. The van der Waals surface area contributed by atoms with Crippen molar-refractivity contribution < 1.29 is 9.47 Å². The summed E-state index contributed by atoms with van der Waals surface area (Å²) >= 11 is 6.26. The van der Waals surface area contributed by atoms with Crippen molar-refractivity contribution in [3.8, 4) is 0 Å². The molecule has 0 radical (unpaired) electrons. The molecule has 2 saturated heterocycles. The molecule has 3 rings (SSSR count). The third kappa shape index (κ3) is 8.68. The summed E-state index contributed by atoms with van der Waals surface area (Å²) in [5.41, 5.74) is 1.30. The quantitative estimate of drug-likeness (QED) is 0.216. The number of hydrogen-bond donors (Lipinski definition) is 2. The van der Waals surface area contributed by atoms with Gasteiger partial charge in [0.15, 0.2) is 5.96 Å². The van der Waals surface area contributed by atoms with Crippen LogP contribution in [0.1, 0.15) is 43.7 Å². The first-order valence-electron chi connectivity index (χ1n) is 11.3. The van der Waals surface area contributed by atoms with Crippen molar-refractivity contribution in [3.05, 3.63) is 34.9 Å². The molecule has 6 nitrogen and oxygen atoms in total. The van der Waals surface area contributed by atoms with Gasteiger partial charge in [-0.2, -0.15) is 0 Å². The highest BCUT2D eigenvalue weighted by Crippen LogP contribution is 2.35. The van der Waals surface area contributed by atoms with E-state index in [-0.39, 0.29) is 24.0 Å². The zero-order valence-electron chi connectivity index (χ0n) is 18.8. The van der Waals surface area contributed by atoms with E-state index in [1.165, 1.54) is 18.4 Å². The molecule has 176 valence electrons. The van der Waals surface area contributed by atoms with Crippen LogP contribution in [0.3, 0.4) is 0 Å². The molecule has 0 aliphatic carbocycles. The number of benzene rings is 1. The Morgan fingerprint density at radius 2 is 2.06 bits per heavy atom. The molecule has 8 heteroatoms. The van der Waals surface area contributed by atoms with Gasteiger partial charge in [0.1, 0.15) is 0 Å². The van der Waals surface area contributed by atoms with Crippen LogP contribution in [0, 0.1) is 5.92 Å². The second-order valence-electron chi connectivity index (χ2n) is 8.30. The highest BCUT2D eigenvalue weighted by Gasteiger charge is 2.30. The number of rotatable bonds is 8. The van der Waals surface area contributed by atoms with Crippen LogP contribution in [0.4, 0.5) is 0 Å². The molecule has 2 unspecified atom stereocenters. The van der Waals surface area contributed by atoms with E-state index in [1.54, 1.807) is 0 Å². The summed E-state index contributed by atoms with van der Waals surface area (Å²) in [7, 11) is 4.04. The number of nitrogens with one attached hydrogen (secondary N) is 2. The molecule has 0 amide bonds. The number of nitrogens with zero attached hydrogens (tertiary/aromatic N) is 2. The Balaban J connectivity index is 0.00000341. The molecule has 2 heterocycles. The van der Waals surface area contributed by atoms with Crippen molar-refractivity contribution >= 4 is 41.5 Å². The van der Waals surface area contributed by atoms with E-state index in [0.29, 0.717) is 18.1 Å². The minimum absolute atomic E-state index is 0. The highest BCUT2D eigenvalue weighted by atomic mass is 127. The number of halogens is 2. The number of ether oxygens (including phenoxy) is 2. The van der Waals surface area contributed by atoms with Gasteiger partial charge in [-0.05, 0) is 69.3 Å². The number of hydrogen-bond acceptors (Lipinski definition) is 4. The second kappa shape index (κ2) is 14.5. The van der Waals surface area contributed by atoms with Crippen molar-refractivity contribution in [2.75, 3.05) is 53.6 Å². The van der Waals surface area contributed by atoms with Crippen LogP contribution >= 0.6 is 35.6 Å². The maximum atomic E-state index is 6.26. The fourth-order valence-electron chi connectivity index (χ4n) is 4.51. The van der Waals surface area contributed by atoms with E-state index in [2.05, 4.69) is 39.7 Å². The zero-order valence-corrected chi connectivity index (χ0v) is 21.9. The molecule has 31 heavy (non-hydrogen) atoms. The van der Waals surface area contributed by atoms with Gasteiger partial charge in [0.05, 0.1) is 6.10 Å². The lowest BCUT2D eigenvalue weighted by atomic mass is 9.85. The molecular formula is C23H38ClIN4O2. The summed E-state index contributed by atoms with van der Waals surface area (Å²) < 4.78 is 11.3. The molecule has 2 aliphatic heterocycles. The Kier molecular flexibility index (Phi) is 12.5. The molecule has 1 aromatic rings. The molecule has 0 spiro atoms. The van der Waals surface area contributed by atoms with E-state index in [4.69, 9.17) is 21.1 Å². The van der Waals surface area contributed by atoms with Crippen LogP contribution in [0.15, 0.2) is 29.3 Å². The fourth-order valence-corrected chi connectivity index (χ4v) is 4.71. The lowest BCUT2D eigenvalue weighted by Gasteiger charge is -2.40. The van der Waals surface area contributed by atoms with Crippen LogP contribution in [0.25, 0.3) is 0 Å². The molecule has 1 aromatic carbocycles. The van der Waals surface area contributed by atoms with Crippen LogP contribution in [0.2, 0.25) is 5.02 Å². The number of likely N-dealkylation sites (tertiary alicyclic amines) is 1. The predicted octanol–water partition coefficient (Wildman–Crippen LogP) is 4.09. The lowest BCUT2D eigenvalue weighted by Crippen LogP contribution is -2.45. The van der Waals surface area contributed by atoms with Gasteiger partial charge in [-0.15, -0.1) is 24.0 Å². The summed E-state index contributed by atoms with van der Waals surface area (Å²) in [6, 6.07) is 8.66. The fraction of sp³-hybridized carbons (Fsp3) is 0.696. The molecule has 2 N–H and O–H groups in total. The number of aliphatic imine (C=N–C) groups is 1. The largest absolute Gasteiger partial charge is 0.381 e. The van der Waals surface area contributed by atoms with Gasteiger partial charge < -0.3 is 20.1 Å². The first kappa shape index (κ1) is 26.6. The van der Waals surface area contributed by atoms with Crippen molar-refractivity contribution in [1.82, 2.24) is 15.5 Å². The van der Waals surface area contributed by atoms with Gasteiger partial charge in [-0.3, -0.25) is 9.89 Å². The Labute approximate surface area is 209 Å². The topological polar surface area (TPSA) is 58.1 Å². The minimum Gasteiger partial charge on any atom is -0.381 e. The van der Waals surface area contributed by atoms with E-state index < -0.39 is 0 Å². The summed E-state index contributed by atoms with van der Waals surface area (Å²) in [6.45, 7) is 5.29. The van der Waals surface area contributed by atoms with Crippen LogP contribution < -0.4 is 10.6 Å². The minimum atomic E-state index is 0. The Hall–Kier alpha value is -0.610. The Bertz CT molecular complexity index is 673. The number of guanidine groups is 1. The number of piperidine rings is 1.